The first-order valence-corrected chi connectivity index (χ1v) is 8.82. The average Bonchev–Trinajstić information content (AvgIpc) is 3.08. The molecule has 0 saturated heterocycles. The van der Waals surface area contributed by atoms with Gasteiger partial charge in [-0.15, -0.1) is 0 Å². The Labute approximate surface area is 171 Å². The summed E-state index contributed by atoms with van der Waals surface area (Å²) in [7, 11) is -5.49. The molecule has 2 aliphatic heterocycles. The lowest BCUT2D eigenvalue weighted by Gasteiger charge is -2.11. The number of benzene rings is 1. The number of pyridine rings is 1. The number of H-pyrrole nitrogens is 1. The van der Waals surface area contributed by atoms with Crippen molar-refractivity contribution in [3.05, 3.63) is 58.3 Å². The van der Waals surface area contributed by atoms with E-state index >= 15 is 4.39 Å². The molecule has 0 aromatic heterocycles. The minimum absolute atomic E-state index is 0.369. The number of fused-ring (bicyclic) bond motifs is 1. The van der Waals surface area contributed by atoms with Crippen LogP contribution in [0.3, 0.4) is 0 Å². The second-order valence-electron chi connectivity index (χ2n) is 4.93. The normalized spacial score (nSPS) is 17.6. The third-order valence-corrected chi connectivity index (χ3v) is 4.31. The highest BCUT2D eigenvalue weighted by Crippen LogP contribution is 2.31. The molecule has 0 fully saturated rings. The molecule has 0 saturated carbocycles. The number of aromatic nitrogens is 2. The zero-order valence-electron chi connectivity index (χ0n) is 22.2. The van der Waals surface area contributed by atoms with Crippen LogP contribution in [0.25, 0.3) is 11.4 Å². The molecule has 0 radical (unpaired) electrons. The summed E-state index contributed by atoms with van der Waals surface area (Å²) in [6.45, 7) is 0.575. The second kappa shape index (κ2) is 7.24. The van der Waals surface area contributed by atoms with E-state index in [0.29, 0.717) is 6.92 Å². The monoisotopic (exact) mass is 422 g/mol. The predicted octanol–water partition coefficient (Wildman–Crippen LogP) is 3.83. The Morgan fingerprint density at radius 2 is 2.19 bits per heavy atom. The van der Waals surface area contributed by atoms with Crippen LogP contribution in [0.1, 0.15) is 41.6 Å². The number of ketones is 1. The van der Waals surface area contributed by atoms with Crippen molar-refractivity contribution in [2.75, 3.05) is 10.4 Å². The van der Waals surface area contributed by atoms with Crippen molar-refractivity contribution in [1.29, 1.82) is 0 Å². The summed E-state index contributed by atoms with van der Waals surface area (Å²) in [4.78, 5) is 19.1. The number of carbonyl (C=O) groups excluding carboxylic acids is 1. The van der Waals surface area contributed by atoms with Crippen molar-refractivity contribution >= 4 is 33.1 Å². The predicted molar refractivity (Wildman–Crippen MR) is 97.7 cm³/mol. The Kier molecular flexibility index (Phi) is 2.88. The van der Waals surface area contributed by atoms with Gasteiger partial charge in [0.2, 0.25) is 15.8 Å². The van der Waals surface area contributed by atoms with E-state index in [1.54, 1.807) is 0 Å². The highest BCUT2D eigenvalue weighted by molar-refractivity contribution is 7.92. The number of rotatable bonds is 6. The van der Waals surface area contributed by atoms with E-state index in [1.807, 2.05) is 0 Å². The molecule has 0 atom stereocenters. The number of anilines is 1. The fourth-order valence-electron chi connectivity index (χ4n) is 2.12. The van der Waals surface area contributed by atoms with Crippen LogP contribution < -0.4 is 4.72 Å². The van der Waals surface area contributed by atoms with Crippen molar-refractivity contribution in [3.63, 3.8) is 0 Å². The van der Waals surface area contributed by atoms with Crippen LogP contribution in [-0.4, -0.2) is 29.9 Å². The summed E-state index contributed by atoms with van der Waals surface area (Å²) >= 11 is 5.82. The molecular weight excluding hydrogens is 400 g/mol. The Bertz CT molecular complexity index is 1510. The van der Waals surface area contributed by atoms with Gasteiger partial charge in [0.1, 0.15) is 11.6 Å². The van der Waals surface area contributed by atoms with E-state index < -0.39 is 97.4 Å². The summed E-state index contributed by atoms with van der Waals surface area (Å²) < 4.78 is 126. The van der Waals surface area contributed by atoms with Gasteiger partial charge in [-0.3, -0.25) is 9.52 Å². The van der Waals surface area contributed by atoms with Gasteiger partial charge in [0, 0.05) is 23.4 Å². The van der Waals surface area contributed by atoms with Crippen LogP contribution >= 0.6 is 11.6 Å². The molecule has 142 valence electrons. The first-order chi connectivity index (χ1) is 16.3. The Hall–Kier alpha value is -2.52. The van der Waals surface area contributed by atoms with Crippen LogP contribution in [0.4, 0.5) is 14.5 Å². The van der Waals surface area contributed by atoms with Gasteiger partial charge < -0.3 is 4.98 Å². The number of hydrogen-bond donors (Lipinski definition) is 2. The number of halogens is 3. The largest absolute Gasteiger partial charge is 0.345 e. The van der Waals surface area contributed by atoms with Gasteiger partial charge in [-0.2, -0.15) is 0 Å². The maximum Gasteiger partial charge on any atom is 0.232 e. The molecule has 2 aliphatic rings. The fourth-order valence-corrected chi connectivity index (χ4v) is 2.99. The summed E-state index contributed by atoms with van der Waals surface area (Å²) in [6.07, 6.45) is -4.45. The Balaban J connectivity index is 2.29. The lowest BCUT2D eigenvalue weighted by molar-refractivity contribution is 0.103. The number of nitrogens with zero attached hydrogens (tertiary/aromatic N) is 1. The number of carbonyl (C=O) groups is 1. The van der Waals surface area contributed by atoms with Gasteiger partial charge in [-0.1, -0.05) is 18.5 Å². The Morgan fingerprint density at radius 1 is 1.44 bits per heavy atom. The molecule has 0 bridgehead atoms. The van der Waals surface area contributed by atoms with E-state index in [2.05, 4.69) is 9.97 Å². The molecule has 6 nitrogen and oxygen atoms in total. The molecule has 3 rings (SSSR count). The quantitative estimate of drug-likeness (QED) is 0.590. The number of nitrogens with one attached hydrogen (secondary N) is 2. The maximum atomic E-state index is 15.4. The second-order valence-corrected chi connectivity index (χ2v) is 6.72. The summed E-state index contributed by atoms with van der Waals surface area (Å²) in [5, 5.41) is -0.517. The lowest BCUT2D eigenvalue weighted by Crippen LogP contribution is -2.18. The van der Waals surface area contributed by atoms with E-state index in [1.165, 1.54) is 4.72 Å². The Morgan fingerprint density at radius 3 is 2.89 bits per heavy atom. The van der Waals surface area contributed by atoms with Crippen molar-refractivity contribution in [1.82, 2.24) is 9.97 Å². The van der Waals surface area contributed by atoms with Gasteiger partial charge in [-0.05, 0) is 24.5 Å². The molecule has 1 aromatic rings. The van der Waals surface area contributed by atoms with Gasteiger partial charge in [-0.25, -0.2) is 22.2 Å². The minimum atomic E-state index is -5.49. The topological polar surface area (TPSA) is 91.9 Å². The highest BCUT2D eigenvalue weighted by atomic mass is 35.5. The average molecular weight is 423 g/mol. The van der Waals surface area contributed by atoms with Crippen LogP contribution in [0.15, 0.2) is 30.5 Å². The van der Waals surface area contributed by atoms with Crippen LogP contribution in [-0.2, 0) is 10.0 Å². The van der Waals surface area contributed by atoms with Crippen molar-refractivity contribution in [2.45, 2.75) is 13.3 Å². The molecule has 10 heteroatoms. The molecule has 27 heavy (non-hydrogen) atoms. The molecule has 0 spiro atoms. The van der Waals surface area contributed by atoms with Crippen molar-refractivity contribution < 1.29 is 34.3 Å². The number of aromatic amines is 1. The van der Waals surface area contributed by atoms with Crippen LogP contribution in [0, 0.1) is 11.6 Å². The van der Waals surface area contributed by atoms with E-state index in [4.69, 9.17) is 23.9 Å². The van der Waals surface area contributed by atoms with E-state index in [0.717, 1.165) is 0 Å². The molecule has 2 heterocycles. The minimum Gasteiger partial charge on any atom is -0.345 e. The zero-order valence-corrected chi connectivity index (χ0v) is 14.8. The zero-order chi connectivity index (χ0) is 27.7. The SMILES string of the molecule is [2H]c1nc2[nH]c([2H])c(Cl)c([2H])c-2c1C(=O)c1c(F)c([2H])c([2H])c(NS(=O)(=O)C([2H])([2H])C([2H])([2H])C)c1F. The molecule has 0 amide bonds. The fraction of sp³-hybridized carbons (Fsp3) is 0.176. The smallest absolute Gasteiger partial charge is 0.232 e. The maximum absolute atomic E-state index is 15.4. The number of hydrogen-bond acceptors (Lipinski definition) is 4. The standard InChI is InChI=1S/C17H14ClF2N3O3S/c1-2-5-27(25,26)23-13-4-3-12(19)14(15(13)20)16(24)11-8-22-17-10(11)6-9(18)7-21-17/h3-4,6-8,23H,2,5H2,1H3,(H,21,22)/i2D2,3D,4D,5D2,6D,7D,8D. The molecule has 0 unspecified atom stereocenters. The summed E-state index contributed by atoms with van der Waals surface area (Å²) in [5.41, 5.74) is -8.22. The van der Waals surface area contributed by atoms with Gasteiger partial charge >= 0.3 is 0 Å². The third kappa shape index (κ3) is 3.79. The van der Waals surface area contributed by atoms with Crippen LogP contribution in [0.5, 0.6) is 0 Å². The van der Waals surface area contributed by atoms with Gasteiger partial charge in [0.05, 0.1) is 34.4 Å². The first kappa shape index (κ1) is 10.7. The molecule has 2 N–H and O–H groups in total. The van der Waals surface area contributed by atoms with Gasteiger partial charge in [0.15, 0.2) is 5.82 Å². The van der Waals surface area contributed by atoms with Crippen molar-refractivity contribution in [2.24, 2.45) is 0 Å². The van der Waals surface area contributed by atoms with Crippen LogP contribution in [0.2, 0.25) is 5.02 Å². The van der Waals surface area contributed by atoms with E-state index in [9.17, 15) is 17.6 Å². The molecule has 0 aliphatic carbocycles. The molecular formula is C17H14ClF2N3O3S. The third-order valence-electron chi connectivity index (χ3n) is 3.17. The highest BCUT2D eigenvalue weighted by Gasteiger charge is 2.27. The number of sulfonamides is 1. The van der Waals surface area contributed by atoms with Gasteiger partial charge in [0.25, 0.3) is 0 Å². The summed E-state index contributed by atoms with van der Waals surface area (Å²) in [5.74, 6) is -6.03. The molecule has 1 aromatic carbocycles. The summed E-state index contributed by atoms with van der Waals surface area (Å²) in [6, 6.07) is -3.59. The lowest BCUT2D eigenvalue weighted by atomic mass is 10.00. The first-order valence-electron chi connectivity index (χ1n) is 11.5. The van der Waals surface area contributed by atoms with Crippen molar-refractivity contribution in [3.8, 4) is 11.4 Å². The van der Waals surface area contributed by atoms with E-state index in [-0.39, 0.29) is 5.82 Å².